The molecule has 9 nitrogen and oxygen atoms in total. The second-order valence-corrected chi connectivity index (χ2v) is 12.4. The van der Waals surface area contributed by atoms with Gasteiger partial charge in [0.05, 0.1) is 16.3 Å². The number of amides is 1. The van der Waals surface area contributed by atoms with Crippen LogP contribution in [0.1, 0.15) is 38.4 Å². The first-order chi connectivity index (χ1) is 19.4. The lowest BCUT2D eigenvalue weighted by atomic mass is 9.80. The topological polar surface area (TPSA) is 106 Å². The van der Waals surface area contributed by atoms with E-state index in [0.717, 1.165) is 9.87 Å². The van der Waals surface area contributed by atoms with Gasteiger partial charge in [0.15, 0.2) is 0 Å². The first-order valence-corrected chi connectivity index (χ1v) is 14.7. The highest BCUT2D eigenvalue weighted by Crippen LogP contribution is 2.28. The normalized spacial score (nSPS) is 12.3. The van der Waals surface area contributed by atoms with E-state index in [4.69, 9.17) is 0 Å². The summed E-state index contributed by atoms with van der Waals surface area (Å²) in [5.74, 6) is -0.671. The van der Waals surface area contributed by atoms with Crippen LogP contribution >= 0.6 is 0 Å². The summed E-state index contributed by atoms with van der Waals surface area (Å²) in [7, 11) is -2.62. The molecule has 0 saturated heterocycles. The van der Waals surface area contributed by atoms with Crippen molar-refractivity contribution >= 4 is 27.3 Å². The number of sulfonamides is 1. The smallest absolute Gasteiger partial charge is 0.283 e. The minimum absolute atomic E-state index is 0.0361. The Kier molecular flexibility index (Phi) is 8.63. The van der Waals surface area contributed by atoms with Crippen LogP contribution in [-0.2, 0) is 27.3 Å². The summed E-state index contributed by atoms with van der Waals surface area (Å²) in [5, 5.41) is 4.26. The number of nitrogens with one attached hydrogen (secondary N) is 1. The molecule has 1 heterocycles. The van der Waals surface area contributed by atoms with Gasteiger partial charge in [0.25, 0.3) is 21.5 Å². The molecule has 4 aromatic rings. The molecule has 0 aliphatic heterocycles. The van der Waals surface area contributed by atoms with Gasteiger partial charge in [-0.25, -0.2) is 22.8 Å². The molecule has 0 atom stereocenters. The molecule has 41 heavy (non-hydrogen) atoms. The van der Waals surface area contributed by atoms with Gasteiger partial charge in [-0.3, -0.25) is 14.3 Å². The van der Waals surface area contributed by atoms with Crippen molar-refractivity contribution in [2.45, 2.75) is 44.4 Å². The second-order valence-electron chi connectivity index (χ2n) is 10.5. The highest BCUT2D eigenvalue weighted by atomic mass is 32.2. The van der Waals surface area contributed by atoms with Crippen LogP contribution in [0.15, 0.2) is 106 Å². The minimum atomic E-state index is -4.29. The molecule has 0 aliphatic rings. The fraction of sp³-hybridized carbons (Fsp3) is 0.258. The SMILES string of the molecule is C/C(CC(C)(C)c1ccccc1)=N/NC(=O)CN(c1c(C)n(C)n(-c2ccccc2)c1=O)S(=O)(=O)c1ccccc1. The van der Waals surface area contributed by atoms with E-state index in [1.165, 1.54) is 16.8 Å². The lowest BCUT2D eigenvalue weighted by molar-refractivity contribution is -0.119. The van der Waals surface area contributed by atoms with Crippen molar-refractivity contribution in [3.05, 3.63) is 113 Å². The number of carbonyl (C=O) groups is 1. The molecule has 0 radical (unpaired) electrons. The molecule has 3 aromatic carbocycles. The predicted octanol–water partition coefficient (Wildman–Crippen LogP) is 4.54. The van der Waals surface area contributed by atoms with Crippen molar-refractivity contribution in [3.8, 4) is 5.69 Å². The van der Waals surface area contributed by atoms with Gasteiger partial charge < -0.3 is 0 Å². The summed E-state index contributed by atoms with van der Waals surface area (Å²) < 4.78 is 31.6. The van der Waals surface area contributed by atoms with Crippen molar-refractivity contribution in [3.63, 3.8) is 0 Å². The van der Waals surface area contributed by atoms with Crippen molar-refractivity contribution < 1.29 is 13.2 Å². The maximum atomic E-state index is 13.9. The van der Waals surface area contributed by atoms with E-state index in [9.17, 15) is 18.0 Å². The quantitative estimate of drug-likeness (QED) is 0.222. The Morgan fingerprint density at radius 2 is 1.46 bits per heavy atom. The molecule has 4 rings (SSSR count). The number of anilines is 1. The standard InChI is InChI=1S/C31H35N5O4S/c1-23(21-31(3,4)25-15-9-6-10-16-25)32-33-28(37)22-35(41(39,40)27-19-13-8-14-20-27)29-24(2)34(5)36(30(29)38)26-17-11-7-12-18-26/h6-20H,21-22H2,1-5H3,(H,33,37)/b32-23-. The first-order valence-electron chi connectivity index (χ1n) is 13.2. The molecule has 0 bridgehead atoms. The number of hydrogen-bond donors (Lipinski definition) is 1. The van der Waals surface area contributed by atoms with Crippen molar-refractivity contribution in [1.29, 1.82) is 0 Å². The van der Waals surface area contributed by atoms with Crippen LogP contribution in [0.5, 0.6) is 0 Å². The van der Waals surface area contributed by atoms with E-state index in [1.54, 1.807) is 61.1 Å². The van der Waals surface area contributed by atoms with E-state index in [1.807, 2.05) is 43.3 Å². The highest BCUT2D eigenvalue weighted by Gasteiger charge is 2.33. The van der Waals surface area contributed by atoms with E-state index >= 15 is 0 Å². The molecule has 0 fully saturated rings. The number of carbonyl (C=O) groups excluding carboxylic acids is 1. The Hall–Kier alpha value is -4.44. The van der Waals surface area contributed by atoms with Gasteiger partial charge in [-0.2, -0.15) is 5.10 Å². The van der Waals surface area contributed by atoms with Gasteiger partial charge in [0.2, 0.25) is 0 Å². The molecule has 0 spiro atoms. The molecule has 10 heteroatoms. The van der Waals surface area contributed by atoms with Gasteiger partial charge in [0.1, 0.15) is 12.2 Å². The van der Waals surface area contributed by atoms with Gasteiger partial charge in [0, 0.05) is 12.8 Å². The first kappa shape index (κ1) is 29.5. The molecule has 0 saturated carbocycles. The third-order valence-electron chi connectivity index (χ3n) is 7.02. The molecule has 0 unspecified atom stereocenters. The van der Waals surface area contributed by atoms with Gasteiger partial charge in [-0.05, 0) is 55.5 Å². The summed E-state index contributed by atoms with van der Waals surface area (Å²) in [6.07, 6.45) is 0.572. The van der Waals surface area contributed by atoms with Crippen LogP contribution in [0.3, 0.4) is 0 Å². The summed E-state index contributed by atoms with van der Waals surface area (Å²) >= 11 is 0. The summed E-state index contributed by atoms with van der Waals surface area (Å²) in [6.45, 7) is 7.00. The van der Waals surface area contributed by atoms with Crippen LogP contribution in [0.2, 0.25) is 0 Å². The number of nitrogens with zero attached hydrogens (tertiary/aromatic N) is 4. The van der Waals surface area contributed by atoms with E-state index in [2.05, 4.69) is 24.4 Å². The zero-order valence-electron chi connectivity index (χ0n) is 23.9. The molecule has 214 valence electrons. The largest absolute Gasteiger partial charge is 0.296 e. The summed E-state index contributed by atoms with van der Waals surface area (Å²) in [5.41, 5.74) is 4.36. The number of para-hydroxylation sites is 1. The number of rotatable bonds is 10. The third kappa shape index (κ3) is 6.33. The Morgan fingerprint density at radius 1 is 0.927 bits per heavy atom. The van der Waals surface area contributed by atoms with Crippen molar-refractivity contribution in [2.24, 2.45) is 12.1 Å². The number of aromatic nitrogens is 2. The van der Waals surface area contributed by atoms with Crippen molar-refractivity contribution in [1.82, 2.24) is 14.8 Å². The Balaban J connectivity index is 1.67. The molecule has 0 aliphatic carbocycles. The van der Waals surface area contributed by atoms with Gasteiger partial charge >= 0.3 is 0 Å². The van der Waals surface area contributed by atoms with Gasteiger partial charge in [-0.1, -0.05) is 80.6 Å². The van der Waals surface area contributed by atoms with E-state index < -0.39 is 28.0 Å². The van der Waals surface area contributed by atoms with Gasteiger partial charge in [-0.15, -0.1) is 0 Å². The Morgan fingerprint density at radius 3 is 2.05 bits per heavy atom. The third-order valence-corrected chi connectivity index (χ3v) is 8.78. The maximum Gasteiger partial charge on any atom is 0.296 e. The average molecular weight is 574 g/mol. The number of hydrogen-bond acceptors (Lipinski definition) is 5. The minimum Gasteiger partial charge on any atom is -0.283 e. The number of hydrazone groups is 1. The monoisotopic (exact) mass is 573 g/mol. The molecule has 1 amide bonds. The highest BCUT2D eigenvalue weighted by molar-refractivity contribution is 7.92. The fourth-order valence-electron chi connectivity index (χ4n) is 4.84. The average Bonchev–Trinajstić information content (AvgIpc) is 3.18. The number of benzene rings is 3. The van der Waals surface area contributed by atoms with Crippen molar-refractivity contribution in [2.75, 3.05) is 10.8 Å². The molecule has 1 N–H and O–H groups in total. The van der Waals surface area contributed by atoms with Crippen LogP contribution in [0, 0.1) is 6.92 Å². The molecular weight excluding hydrogens is 538 g/mol. The fourth-order valence-corrected chi connectivity index (χ4v) is 6.33. The molecular formula is C31H35N5O4S. The van der Waals surface area contributed by atoms with E-state index in [-0.39, 0.29) is 16.0 Å². The Labute approximate surface area is 240 Å². The zero-order chi connectivity index (χ0) is 29.8. The van der Waals surface area contributed by atoms with Crippen LogP contribution in [0.4, 0.5) is 5.69 Å². The zero-order valence-corrected chi connectivity index (χ0v) is 24.7. The van der Waals surface area contributed by atoms with Crippen LogP contribution in [0.25, 0.3) is 5.69 Å². The summed E-state index contributed by atoms with van der Waals surface area (Å²) in [4.78, 5) is 26.9. The van der Waals surface area contributed by atoms with E-state index in [0.29, 0.717) is 23.5 Å². The molecule has 1 aromatic heterocycles. The maximum absolute atomic E-state index is 13.9. The van der Waals surface area contributed by atoms with Crippen LogP contribution in [-0.4, -0.2) is 35.9 Å². The lowest BCUT2D eigenvalue weighted by Gasteiger charge is -2.25. The Bertz CT molecular complexity index is 1710. The lowest BCUT2D eigenvalue weighted by Crippen LogP contribution is -2.42. The summed E-state index contributed by atoms with van der Waals surface area (Å²) in [6, 6.07) is 26.6. The second kappa shape index (κ2) is 12.0. The van der Waals surface area contributed by atoms with Crippen LogP contribution < -0.4 is 15.3 Å². The predicted molar refractivity (Wildman–Crippen MR) is 162 cm³/mol.